The molecular formula is C23H33N3O6. The summed E-state index contributed by atoms with van der Waals surface area (Å²) in [5.74, 6) is 0.111. The first-order valence-electron chi connectivity index (χ1n) is 11.2. The van der Waals surface area contributed by atoms with Crippen molar-refractivity contribution in [1.29, 1.82) is 0 Å². The molecule has 0 saturated carbocycles. The lowest BCUT2D eigenvalue weighted by atomic mass is 9.94. The minimum Gasteiger partial charge on any atom is -0.490 e. The van der Waals surface area contributed by atoms with E-state index in [0.717, 1.165) is 6.42 Å². The van der Waals surface area contributed by atoms with Crippen molar-refractivity contribution in [2.45, 2.75) is 57.3 Å². The zero-order valence-electron chi connectivity index (χ0n) is 19.0. The minimum atomic E-state index is -0.327. The lowest BCUT2D eigenvalue weighted by Gasteiger charge is -2.42. The molecule has 32 heavy (non-hydrogen) atoms. The number of carbonyl (C=O) groups is 3. The van der Waals surface area contributed by atoms with E-state index in [4.69, 9.17) is 14.2 Å². The van der Waals surface area contributed by atoms with Crippen LogP contribution in [0.1, 0.15) is 49.4 Å². The van der Waals surface area contributed by atoms with Crippen LogP contribution in [0.15, 0.2) is 18.2 Å². The van der Waals surface area contributed by atoms with Crippen LogP contribution in [0.5, 0.6) is 5.75 Å². The van der Waals surface area contributed by atoms with Crippen molar-refractivity contribution in [1.82, 2.24) is 10.2 Å². The number of methoxy groups -OCH3 is 1. The Balaban J connectivity index is 1.67. The molecule has 3 rings (SSSR count). The van der Waals surface area contributed by atoms with Crippen LogP contribution in [0, 0.1) is 0 Å². The second-order valence-corrected chi connectivity index (χ2v) is 8.22. The second-order valence-electron chi connectivity index (χ2n) is 8.22. The van der Waals surface area contributed by atoms with Crippen molar-refractivity contribution < 1.29 is 28.6 Å². The third-order valence-corrected chi connectivity index (χ3v) is 5.81. The van der Waals surface area contributed by atoms with Crippen molar-refractivity contribution in [3.05, 3.63) is 23.8 Å². The number of nitrogens with zero attached hydrogens (tertiary/aromatic N) is 1. The second kappa shape index (κ2) is 11.3. The summed E-state index contributed by atoms with van der Waals surface area (Å²) in [5.41, 5.74) is 0.990. The van der Waals surface area contributed by atoms with E-state index < -0.39 is 0 Å². The molecule has 0 aromatic heterocycles. The minimum absolute atomic E-state index is 0.0790. The van der Waals surface area contributed by atoms with Crippen molar-refractivity contribution in [3.8, 4) is 5.75 Å². The van der Waals surface area contributed by atoms with Crippen LogP contribution in [0.25, 0.3) is 0 Å². The van der Waals surface area contributed by atoms with Gasteiger partial charge in [-0.2, -0.15) is 0 Å². The molecule has 3 amide bonds. The lowest BCUT2D eigenvalue weighted by molar-refractivity contribution is -0.134. The Labute approximate surface area is 188 Å². The smallest absolute Gasteiger partial charge is 0.257 e. The van der Waals surface area contributed by atoms with Crippen molar-refractivity contribution >= 4 is 23.4 Å². The molecule has 176 valence electrons. The van der Waals surface area contributed by atoms with Gasteiger partial charge in [0.15, 0.2) is 0 Å². The Morgan fingerprint density at radius 1 is 1.25 bits per heavy atom. The molecule has 1 aromatic rings. The van der Waals surface area contributed by atoms with E-state index in [1.807, 2.05) is 6.92 Å². The van der Waals surface area contributed by atoms with Gasteiger partial charge in [-0.15, -0.1) is 0 Å². The number of rotatable bonds is 8. The van der Waals surface area contributed by atoms with Crippen LogP contribution < -0.4 is 15.4 Å². The lowest BCUT2D eigenvalue weighted by Crippen LogP contribution is -2.54. The van der Waals surface area contributed by atoms with Crippen molar-refractivity contribution in [2.24, 2.45) is 0 Å². The van der Waals surface area contributed by atoms with Gasteiger partial charge in [-0.25, -0.2) is 0 Å². The summed E-state index contributed by atoms with van der Waals surface area (Å²) in [6, 6.07) is 4.95. The molecular weight excluding hydrogens is 414 g/mol. The van der Waals surface area contributed by atoms with Crippen molar-refractivity contribution in [3.63, 3.8) is 0 Å². The predicted molar refractivity (Wildman–Crippen MR) is 119 cm³/mol. The fourth-order valence-corrected chi connectivity index (χ4v) is 4.13. The molecule has 0 spiro atoms. The van der Waals surface area contributed by atoms with Gasteiger partial charge in [-0.3, -0.25) is 14.4 Å². The average molecular weight is 448 g/mol. The molecule has 1 aromatic carbocycles. The van der Waals surface area contributed by atoms with Gasteiger partial charge in [0, 0.05) is 32.8 Å². The van der Waals surface area contributed by atoms with Gasteiger partial charge in [0.2, 0.25) is 11.8 Å². The fourth-order valence-electron chi connectivity index (χ4n) is 4.13. The van der Waals surface area contributed by atoms with Crippen LogP contribution in [0.2, 0.25) is 0 Å². The summed E-state index contributed by atoms with van der Waals surface area (Å²) in [6.45, 7) is 3.14. The Morgan fingerprint density at radius 2 is 2.06 bits per heavy atom. The van der Waals surface area contributed by atoms with E-state index in [1.54, 1.807) is 37.3 Å². The van der Waals surface area contributed by atoms with E-state index in [9.17, 15) is 14.4 Å². The maximum absolute atomic E-state index is 13.2. The van der Waals surface area contributed by atoms with Crippen LogP contribution in [-0.2, 0) is 19.1 Å². The number of amides is 3. The number of fused-ring (bicyclic) bond motifs is 2. The molecule has 1 fully saturated rings. The highest BCUT2D eigenvalue weighted by molar-refractivity contribution is 5.99. The highest BCUT2D eigenvalue weighted by Crippen LogP contribution is 2.32. The van der Waals surface area contributed by atoms with Gasteiger partial charge in [0.25, 0.3) is 5.91 Å². The number of anilines is 1. The highest BCUT2D eigenvalue weighted by atomic mass is 16.5. The number of carbonyl (C=O) groups excluding carboxylic acids is 3. The highest BCUT2D eigenvalue weighted by Gasteiger charge is 2.39. The van der Waals surface area contributed by atoms with E-state index in [1.165, 1.54) is 0 Å². The molecule has 0 radical (unpaired) electrons. The molecule has 0 bridgehead atoms. The zero-order valence-corrected chi connectivity index (χ0v) is 19.0. The van der Waals surface area contributed by atoms with E-state index in [0.29, 0.717) is 49.4 Å². The van der Waals surface area contributed by atoms with Crippen LogP contribution in [0.3, 0.4) is 0 Å². The van der Waals surface area contributed by atoms with Gasteiger partial charge >= 0.3 is 0 Å². The Morgan fingerprint density at radius 3 is 2.81 bits per heavy atom. The Kier molecular flexibility index (Phi) is 8.46. The molecule has 0 aliphatic carbocycles. The van der Waals surface area contributed by atoms with E-state index in [-0.39, 0.29) is 49.0 Å². The normalized spacial score (nSPS) is 22.7. The summed E-state index contributed by atoms with van der Waals surface area (Å²) in [4.78, 5) is 39.0. The standard InChI is InChI=1S/C23H33N3O6/c1-4-5-21(27)25-15-6-9-19-17(12-15)23(29)26(2)18-8-7-16(32-20(18)14-31-19)13-22(28)24-10-11-30-3/h6,9,12,16,18,20H,4-5,7-8,10-11,13-14H2,1-3H3,(H,24,28)(H,25,27)/t16-,18-,20+/m1/s1. The molecule has 2 heterocycles. The summed E-state index contributed by atoms with van der Waals surface area (Å²) in [6.07, 6.45) is 2.29. The summed E-state index contributed by atoms with van der Waals surface area (Å²) in [7, 11) is 3.35. The number of ether oxygens (including phenoxy) is 3. The number of hydrogen-bond acceptors (Lipinski definition) is 6. The van der Waals surface area contributed by atoms with Crippen molar-refractivity contribution in [2.75, 3.05) is 39.2 Å². The Hall–Kier alpha value is -2.65. The van der Waals surface area contributed by atoms with Crippen LogP contribution in [-0.4, -0.2) is 74.8 Å². The molecule has 2 aliphatic rings. The summed E-state index contributed by atoms with van der Waals surface area (Å²) < 4.78 is 17.1. The molecule has 2 aliphatic heterocycles. The largest absolute Gasteiger partial charge is 0.490 e. The quantitative estimate of drug-likeness (QED) is 0.590. The van der Waals surface area contributed by atoms with Gasteiger partial charge in [0.1, 0.15) is 18.5 Å². The molecule has 9 nitrogen and oxygen atoms in total. The van der Waals surface area contributed by atoms with Crippen LogP contribution >= 0.6 is 0 Å². The average Bonchev–Trinajstić information content (AvgIpc) is 2.77. The molecule has 2 N–H and O–H groups in total. The number of benzene rings is 1. The van der Waals surface area contributed by atoms with Crippen LogP contribution in [0.4, 0.5) is 5.69 Å². The Bertz CT molecular complexity index is 830. The maximum atomic E-state index is 13.2. The SMILES string of the molecule is CCCC(=O)Nc1ccc2c(c1)C(=O)N(C)[C@@H]1CC[C@H](CC(=O)NCCOC)O[C@H]1CO2. The van der Waals surface area contributed by atoms with Gasteiger partial charge < -0.3 is 29.7 Å². The predicted octanol–water partition coefficient (Wildman–Crippen LogP) is 1.96. The third-order valence-electron chi connectivity index (χ3n) is 5.81. The number of likely N-dealkylation sites (N-methyl/N-ethyl adjacent to an activating group) is 1. The third kappa shape index (κ3) is 5.98. The zero-order chi connectivity index (χ0) is 23.1. The summed E-state index contributed by atoms with van der Waals surface area (Å²) in [5, 5.41) is 5.64. The first-order valence-corrected chi connectivity index (χ1v) is 11.2. The van der Waals surface area contributed by atoms with E-state index >= 15 is 0 Å². The maximum Gasteiger partial charge on any atom is 0.257 e. The van der Waals surface area contributed by atoms with Gasteiger partial charge in [-0.1, -0.05) is 6.92 Å². The van der Waals surface area contributed by atoms with Gasteiger partial charge in [0.05, 0.1) is 30.7 Å². The molecule has 0 unspecified atom stereocenters. The molecule has 1 saturated heterocycles. The fraction of sp³-hybridized carbons (Fsp3) is 0.609. The topological polar surface area (TPSA) is 106 Å². The number of nitrogens with one attached hydrogen (secondary N) is 2. The monoisotopic (exact) mass is 447 g/mol. The van der Waals surface area contributed by atoms with E-state index in [2.05, 4.69) is 10.6 Å². The summed E-state index contributed by atoms with van der Waals surface area (Å²) >= 11 is 0. The molecule has 3 atom stereocenters. The first-order chi connectivity index (χ1) is 15.4. The van der Waals surface area contributed by atoms with Gasteiger partial charge in [-0.05, 0) is 37.5 Å². The molecule has 9 heteroatoms. The first kappa shape index (κ1) is 24.0. The number of hydrogen-bond donors (Lipinski definition) is 2.